The molecule has 0 heterocycles. The van der Waals surface area contributed by atoms with Crippen molar-refractivity contribution in [2.45, 2.75) is 58.2 Å². The van der Waals surface area contributed by atoms with Crippen LogP contribution in [0.4, 0.5) is 0 Å². The molecule has 0 bridgehead atoms. The zero-order valence-corrected chi connectivity index (χ0v) is 24.6. The number of carbonyl (C=O) groups excluding carboxylic acids is 2. The number of methoxy groups -OCH3 is 2. The molecule has 0 aliphatic heterocycles. The van der Waals surface area contributed by atoms with E-state index in [0.29, 0.717) is 34.4 Å². The van der Waals surface area contributed by atoms with Gasteiger partial charge in [-0.2, -0.15) is 0 Å². The fraction of sp³-hybridized carbons (Fsp3) is 0.355. The second kappa shape index (κ2) is 13.7. The molecule has 3 aromatic rings. The van der Waals surface area contributed by atoms with E-state index in [4.69, 9.17) is 32.7 Å². The Morgan fingerprint density at radius 3 is 2.13 bits per heavy atom. The summed E-state index contributed by atoms with van der Waals surface area (Å²) in [6, 6.07) is 19.8. The number of carbonyl (C=O) groups is 2. The van der Waals surface area contributed by atoms with Crippen molar-refractivity contribution in [1.82, 2.24) is 10.2 Å². The predicted molar refractivity (Wildman–Crippen MR) is 157 cm³/mol. The molecule has 0 unspecified atom stereocenters. The molecule has 0 aromatic heterocycles. The molecule has 0 saturated heterocycles. The summed E-state index contributed by atoms with van der Waals surface area (Å²) < 4.78 is 10.7. The second-order valence-electron chi connectivity index (χ2n) is 10.4. The lowest BCUT2D eigenvalue weighted by molar-refractivity contribution is -0.141. The van der Waals surface area contributed by atoms with Crippen molar-refractivity contribution < 1.29 is 19.1 Å². The summed E-state index contributed by atoms with van der Waals surface area (Å²) in [5, 5.41) is 3.90. The summed E-state index contributed by atoms with van der Waals surface area (Å²) in [5.74, 6) is 0.851. The Kier molecular flexibility index (Phi) is 10.7. The van der Waals surface area contributed by atoms with Gasteiger partial charge in [0.25, 0.3) is 0 Å². The van der Waals surface area contributed by atoms with Crippen LogP contribution in [0.1, 0.15) is 43.9 Å². The van der Waals surface area contributed by atoms with Crippen LogP contribution in [0.3, 0.4) is 0 Å². The Labute approximate surface area is 241 Å². The first-order valence-corrected chi connectivity index (χ1v) is 13.6. The van der Waals surface area contributed by atoms with E-state index >= 15 is 0 Å². The van der Waals surface area contributed by atoms with Crippen LogP contribution in [-0.4, -0.2) is 42.5 Å². The van der Waals surface area contributed by atoms with E-state index in [0.717, 1.165) is 16.7 Å². The maximum absolute atomic E-state index is 13.9. The predicted octanol–water partition coefficient (Wildman–Crippen LogP) is 6.50. The van der Waals surface area contributed by atoms with E-state index in [1.54, 1.807) is 31.3 Å². The summed E-state index contributed by atoms with van der Waals surface area (Å²) >= 11 is 12.4. The molecule has 1 atom stereocenters. The average Bonchev–Trinajstić information content (AvgIpc) is 2.90. The molecule has 3 aromatic carbocycles. The molecule has 3 rings (SSSR count). The molecule has 0 fully saturated rings. The van der Waals surface area contributed by atoms with Gasteiger partial charge < -0.3 is 19.7 Å². The standard InChI is InChI=1S/C31H36Cl2N2O4/c1-31(2,3)34-30(37)26(18-21-9-7-6-8-10-21)35(20-23-11-14-24(32)25(33)17-23)29(36)16-13-22-12-15-27(38-4)28(19-22)39-5/h6-12,14-15,17,19,26H,13,16,18,20H2,1-5H3,(H,34,37)/t26-/m0/s1. The van der Waals surface area contributed by atoms with Gasteiger partial charge in [-0.05, 0) is 68.1 Å². The molecule has 0 aliphatic rings. The van der Waals surface area contributed by atoms with Crippen molar-refractivity contribution >= 4 is 35.0 Å². The Hall–Kier alpha value is -3.22. The van der Waals surface area contributed by atoms with Crippen molar-refractivity contribution in [2.24, 2.45) is 0 Å². The van der Waals surface area contributed by atoms with Crippen LogP contribution in [0.15, 0.2) is 66.7 Å². The highest BCUT2D eigenvalue weighted by Crippen LogP contribution is 2.29. The average molecular weight is 572 g/mol. The Morgan fingerprint density at radius 2 is 1.51 bits per heavy atom. The Bertz CT molecular complexity index is 1280. The monoisotopic (exact) mass is 570 g/mol. The topological polar surface area (TPSA) is 67.9 Å². The van der Waals surface area contributed by atoms with Gasteiger partial charge in [-0.25, -0.2) is 0 Å². The molecule has 0 spiro atoms. The smallest absolute Gasteiger partial charge is 0.243 e. The Morgan fingerprint density at radius 1 is 0.846 bits per heavy atom. The fourth-order valence-corrected chi connectivity index (χ4v) is 4.59. The number of rotatable bonds is 11. The molecule has 208 valence electrons. The van der Waals surface area contributed by atoms with Crippen molar-refractivity contribution in [3.05, 3.63) is 93.5 Å². The minimum Gasteiger partial charge on any atom is -0.493 e. The number of nitrogens with zero attached hydrogens (tertiary/aromatic N) is 1. The minimum atomic E-state index is -0.737. The summed E-state index contributed by atoms with van der Waals surface area (Å²) in [6.07, 6.45) is 1.03. The lowest BCUT2D eigenvalue weighted by Gasteiger charge is -2.34. The van der Waals surface area contributed by atoms with Gasteiger partial charge in [0, 0.05) is 24.9 Å². The SMILES string of the molecule is COc1ccc(CCC(=O)N(Cc2ccc(Cl)c(Cl)c2)[C@@H](Cc2ccccc2)C(=O)NC(C)(C)C)cc1OC. The first kappa shape index (κ1) is 30.3. The van der Waals surface area contributed by atoms with Crippen LogP contribution < -0.4 is 14.8 Å². The number of aryl methyl sites for hydroxylation is 1. The van der Waals surface area contributed by atoms with Gasteiger partial charge in [0.2, 0.25) is 11.8 Å². The van der Waals surface area contributed by atoms with Crippen molar-refractivity contribution in [1.29, 1.82) is 0 Å². The molecule has 1 N–H and O–H groups in total. The fourth-order valence-electron chi connectivity index (χ4n) is 4.27. The summed E-state index contributed by atoms with van der Waals surface area (Å²) in [5.41, 5.74) is 2.20. The van der Waals surface area contributed by atoms with Crippen molar-refractivity contribution in [2.75, 3.05) is 14.2 Å². The third-order valence-corrected chi connectivity index (χ3v) is 6.92. The van der Waals surface area contributed by atoms with Gasteiger partial charge in [0.05, 0.1) is 24.3 Å². The minimum absolute atomic E-state index is 0.152. The maximum Gasteiger partial charge on any atom is 0.243 e. The van der Waals surface area contributed by atoms with Gasteiger partial charge in [0.1, 0.15) is 6.04 Å². The molecule has 0 radical (unpaired) electrons. The zero-order valence-electron chi connectivity index (χ0n) is 23.1. The summed E-state index contributed by atoms with van der Waals surface area (Å²) in [6.45, 7) is 5.97. The number of hydrogen-bond donors (Lipinski definition) is 1. The number of hydrogen-bond acceptors (Lipinski definition) is 4. The first-order valence-electron chi connectivity index (χ1n) is 12.8. The third-order valence-electron chi connectivity index (χ3n) is 6.18. The molecule has 2 amide bonds. The highest BCUT2D eigenvalue weighted by Gasteiger charge is 2.32. The molecular formula is C31H36Cl2N2O4. The lowest BCUT2D eigenvalue weighted by atomic mass is 9.99. The highest BCUT2D eigenvalue weighted by molar-refractivity contribution is 6.42. The van der Waals surface area contributed by atoms with Gasteiger partial charge in [-0.1, -0.05) is 65.7 Å². The van der Waals surface area contributed by atoms with E-state index in [1.165, 1.54) is 0 Å². The molecule has 0 saturated carbocycles. The van der Waals surface area contributed by atoms with E-state index in [2.05, 4.69) is 5.32 Å². The third kappa shape index (κ3) is 8.91. The van der Waals surface area contributed by atoms with Crippen LogP contribution in [0.2, 0.25) is 10.0 Å². The van der Waals surface area contributed by atoms with E-state index < -0.39 is 11.6 Å². The summed E-state index contributed by atoms with van der Waals surface area (Å²) in [4.78, 5) is 29.2. The highest BCUT2D eigenvalue weighted by atomic mass is 35.5. The maximum atomic E-state index is 13.9. The van der Waals surface area contributed by atoms with Gasteiger partial charge in [0.15, 0.2) is 11.5 Å². The van der Waals surface area contributed by atoms with Gasteiger partial charge in [-0.15, -0.1) is 0 Å². The number of benzene rings is 3. The number of ether oxygens (including phenoxy) is 2. The van der Waals surface area contributed by atoms with E-state index in [9.17, 15) is 9.59 Å². The summed E-state index contributed by atoms with van der Waals surface area (Å²) in [7, 11) is 3.16. The number of halogens is 2. The van der Waals surface area contributed by atoms with Crippen LogP contribution in [0.5, 0.6) is 11.5 Å². The van der Waals surface area contributed by atoms with Gasteiger partial charge in [-0.3, -0.25) is 9.59 Å². The molecule has 0 aliphatic carbocycles. The van der Waals surface area contributed by atoms with Gasteiger partial charge >= 0.3 is 0 Å². The lowest BCUT2D eigenvalue weighted by Crippen LogP contribution is -2.54. The first-order chi connectivity index (χ1) is 18.5. The Balaban J connectivity index is 1.95. The second-order valence-corrected chi connectivity index (χ2v) is 11.2. The van der Waals surface area contributed by atoms with Crippen molar-refractivity contribution in [3.63, 3.8) is 0 Å². The molecule has 6 nitrogen and oxygen atoms in total. The number of nitrogens with one attached hydrogen (secondary N) is 1. The van der Waals surface area contributed by atoms with E-state index in [-0.39, 0.29) is 24.8 Å². The molecule has 8 heteroatoms. The van der Waals surface area contributed by atoms with Crippen LogP contribution in [0.25, 0.3) is 0 Å². The normalized spacial score (nSPS) is 12.0. The van der Waals surface area contributed by atoms with Crippen LogP contribution in [-0.2, 0) is 29.0 Å². The zero-order chi connectivity index (χ0) is 28.6. The van der Waals surface area contributed by atoms with Crippen molar-refractivity contribution in [3.8, 4) is 11.5 Å². The molecule has 39 heavy (non-hydrogen) atoms. The van der Waals surface area contributed by atoms with Crippen LogP contribution in [0, 0.1) is 0 Å². The number of amides is 2. The van der Waals surface area contributed by atoms with Crippen LogP contribution >= 0.6 is 23.2 Å². The largest absolute Gasteiger partial charge is 0.493 e. The molecular weight excluding hydrogens is 535 g/mol. The quantitative estimate of drug-likeness (QED) is 0.286. The van der Waals surface area contributed by atoms with E-state index in [1.807, 2.05) is 75.4 Å².